The molecule has 0 saturated carbocycles. The molecule has 0 bridgehead atoms. The molecule has 0 amide bonds. The van der Waals surface area contributed by atoms with E-state index in [1.807, 2.05) is 0 Å². The maximum absolute atomic E-state index is 12.3. The molecule has 1 rings (SSSR count). The number of halogens is 3. The summed E-state index contributed by atoms with van der Waals surface area (Å²) in [5.41, 5.74) is -0.920. The summed E-state index contributed by atoms with van der Waals surface area (Å²) in [7, 11) is -3.91. The van der Waals surface area contributed by atoms with E-state index in [9.17, 15) is 21.6 Å². The fraction of sp³-hybridized carbons (Fsp3) is 0.400. The van der Waals surface area contributed by atoms with Gasteiger partial charge in [0.1, 0.15) is 0 Å². The van der Waals surface area contributed by atoms with Gasteiger partial charge in [0.25, 0.3) is 0 Å². The highest BCUT2D eigenvalue weighted by molar-refractivity contribution is 7.89. The molecule has 1 aromatic carbocycles. The molecule has 0 aliphatic rings. The number of rotatable bonds is 4. The van der Waals surface area contributed by atoms with Crippen molar-refractivity contribution >= 4 is 10.0 Å². The lowest BCUT2D eigenvalue weighted by atomic mass is 10.2. The lowest BCUT2D eigenvalue weighted by molar-refractivity contribution is -0.137. The van der Waals surface area contributed by atoms with Crippen LogP contribution in [0.2, 0.25) is 0 Å². The summed E-state index contributed by atoms with van der Waals surface area (Å²) < 4.78 is 62.3. The maximum Gasteiger partial charge on any atom is 0.416 e. The average molecular weight is 283 g/mol. The number of alkyl halides is 3. The third-order valence-electron chi connectivity index (χ3n) is 2.12. The third-order valence-corrected chi connectivity index (χ3v) is 3.73. The van der Waals surface area contributed by atoms with Crippen molar-refractivity contribution in [3.8, 4) is 0 Å². The van der Waals surface area contributed by atoms with Gasteiger partial charge in [-0.2, -0.15) is 13.2 Å². The summed E-state index contributed by atoms with van der Waals surface area (Å²) in [6, 6.07) is 2.42. The average Bonchev–Trinajstić information content (AvgIpc) is 2.27. The highest BCUT2D eigenvalue weighted by Gasteiger charge is 2.30. The van der Waals surface area contributed by atoms with E-state index in [0.29, 0.717) is 12.1 Å². The minimum atomic E-state index is -4.51. The fourth-order valence-electron chi connectivity index (χ4n) is 1.19. The Balaban J connectivity index is 2.98. The maximum atomic E-state index is 12.3. The number of benzene rings is 1. The molecule has 8 heteroatoms. The van der Waals surface area contributed by atoms with Gasteiger partial charge in [-0.1, -0.05) is 0 Å². The predicted molar refractivity (Wildman–Crippen MR) is 58.3 cm³/mol. The SMILES string of the molecule is CC(CO)NS(=O)(=O)c1ccc(C(F)(F)F)cc1. The van der Waals surface area contributed by atoms with Crippen LogP contribution in [-0.2, 0) is 16.2 Å². The molecule has 0 spiro atoms. The van der Waals surface area contributed by atoms with Crippen molar-refractivity contribution in [2.24, 2.45) is 0 Å². The van der Waals surface area contributed by atoms with E-state index < -0.39 is 34.4 Å². The molecule has 0 radical (unpaired) electrons. The first-order chi connectivity index (χ1) is 8.16. The lowest BCUT2D eigenvalue weighted by Gasteiger charge is -2.12. The van der Waals surface area contributed by atoms with Crippen LogP contribution in [0.3, 0.4) is 0 Å². The van der Waals surface area contributed by atoms with Gasteiger partial charge in [0.2, 0.25) is 10.0 Å². The molecule has 0 heterocycles. The first-order valence-electron chi connectivity index (χ1n) is 4.97. The number of hydrogen-bond acceptors (Lipinski definition) is 3. The Labute approximate surface area is 102 Å². The van der Waals surface area contributed by atoms with E-state index in [1.165, 1.54) is 6.92 Å². The summed E-state index contributed by atoms with van der Waals surface area (Å²) in [6.07, 6.45) is -4.51. The zero-order valence-corrected chi connectivity index (χ0v) is 10.2. The van der Waals surface area contributed by atoms with Crippen LogP contribution < -0.4 is 4.72 Å². The highest BCUT2D eigenvalue weighted by Crippen LogP contribution is 2.29. The zero-order chi connectivity index (χ0) is 14.0. The van der Waals surface area contributed by atoms with Gasteiger partial charge >= 0.3 is 6.18 Å². The molecule has 4 nitrogen and oxygen atoms in total. The van der Waals surface area contributed by atoms with E-state index in [-0.39, 0.29) is 4.90 Å². The van der Waals surface area contributed by atoms with Gasteiger partial charge in [0.15, 0.2) is 0 Å². The second-order valence-corrected chi connectivity index (χ2v) is 5.44. The molecule has 0 fully saturated rings. The second kappa shape index (κ2) is 5.25. The van der Waals surface area contributed by atoms with Crippen molar-refractivity contribution in [1.82, 2.24) is 4.72 Å². The molecular formula is C10H12F3NO3S. The van der Waals surface area contributed by atoms with Crippen molar-refractivity contribution in [2.45, 2.75) is 24.0 Å². The van der Waals surface area contributed by atoms with Crippen molar-refractivity contribution in [3.05, 3.63) is 29.8 Å². The van der Waals surface area contributed by atoms with Crippen LogP contribution in [0.4, 0.5) is 13.2 Å². The Morgan fingerprint density at radius 2 is 1.78 bits per heavy atom. The van der Waals surface area contributed by atoms with Crippen LogP contribution in [0.5, 0.6) is 0 Å². The van der Waals surface area contributed by atoms with Gasteiger partial charge in [-0.25, -0.2) is 13.1 Å². The summed E-state index contributed by atoms with van der Waals surface area (Å²) in [6.45, 7) is 1.03. The Morgan fingerprint density at radius 3 is 2.17 bits per heavy atom. The summed E-state index contributed by atoms with van der Waals surface area (Å²) in [5, 5.41) is 8.72. The molecule has 1 atom stereocenters. The molecule has 0 aliphatic heterocycles. The zero-order valence-electron chi connectivity index (χ0n) is 9.40. The molecule has 2 N–H and O–H groups in total. The van der Waals surface area contributed by atoms with Crippen LogP contribution in [0.1, 0.15) is 12.5 Å². The van der Waals surface area contributed by atoms with E-state index in [2.05, 4.69) is 4.72 Å². The van der Waals surface area contributed by atoms with Crippen LogP contribution in [-0.4, -0.2) is 26.2 Å². The number of nitrogens with one attached hydrogen (secondary N) is 1. The van der Waals surface area contributed by atoms with Crippen LogP contribution in [0.25, 0.3) is 0 Å². The molecule has 1 unspecified atom stereocenters. The second-order valence-electron chi connectivity index (χ2n) is 3.73. The van der Waals surface area contributed by atoms with Gasteiger partial charge in [-0.15, -0.1) is 0 Å². The number of aliphatic hydroxyl groups is 1. The van der Waals surface area contributed by atoms with E-state index in [4.69, 9.17) is 5.11 Å². The molecule has 0 saturated heterocycles. The predicted octanol–water partition coefficient (Wildman–Crippen LogP) is 1.36. The van der Waals surface area contributed by atoms with Gasteiger partial charge in [0, 0.05) is 6.04 Å². The normalized spacial score (nSPS) is 14.5. The number of sulfonamides is 1. The summed E-state index contributed by atoms with van der Waals surface area (Å²) >= 11 is 0. The van der Waals surface area contributed by atoms with Crippen molar-refractivity contribution < 1.29 is 26.7 Å². The lowest BCUT2D eigenvalue weighted by Crippen LogP contribution is -2.35. The topological polar surface area (TPSA) is 66.4 Å². The first-order valence-corrected chi connectivity index (χ1v) is 6.45. The largest absolute Gasteiger partial charge is 0.416 e. The first kappa shape index (κ1) is 14.9. The van der Waals surface area contributed by atoms with Gasteiger partial charge in [-0.05, 0) is 31.2 Å². The standard InChI is InChI=1S/C10H12F3NO3S/c1-7(6-15)14-18(16,17)9-4-2-8(3-5-9)10(11,12)13/h2-5,7,14-15H,6H2,1H3. The van der Waals surface area contributed by atoms with Crippen LogP contribution >= 0.6 is 0 Å². The quantitative estimate of drug-likeness (QED) is 0.877. The van der Waals surface area contributed by atoms with Crippen LogP contribution in [0, 0.1) is 0 Å². The van der Waals surface area contributed by atoms with Crippen molar-refractivity contribution in [3.63, 3.8) is 0 Å². The van der Waals surface area contributed by atoms with E-state index in [0.717, 1.165) is 12.1 Å². The minimum Gasteiger partial charge on any atom is -0.395 e. The van der Waals surface area contributed by atoms with Gasteiger partial charge in [0.05, 0.1) is 17.1 Å². The van der Waals surface area contributed by atoms with Crippen LogP contribution in [0.15, 0.2) is 29.2 Å². The van der Waals surface area contributed by atoms with E-state index in [1.54, 1.807) is 0 Å². The van der Waals surface area contributed by atoms with E-state index >= 15 is 0 Å². The molecule has 0 aliphatic carbocycles. The van der Waals surface area contributed by atoms with Crippen molar-refractivity contribution in [1.29, 1.82) is 0 Å². The highest BCUT2D eigenvalue weighted by atomic mass is 32.2. The smallest absolute Gasteiger partial charge is 0.395 e. The van der Waals surface area contributed by atoms with Gasteiger partial charge in [-0.3, -0.25) is 0 Å². The van der Waals surface area contributed by atoms with Gasteiger partial charge < -0.3 is 5.11 Å². The van der Waals surface area contributed by atoms with Crippen molar-refractivity contribution in [2.75, 3.05) is 6.61 Å². The molecule has 0 aromatic heterocycles. The molecular weight excluding hydrogens is 271 g/mol. The Kier molecular flexibility index (Phi) is 4.36. The molecule has 102 valence electrons. The Morgan fingerprint density at radius 1 is 1.28 bits per heavy atom. The molecule has 18 heavy (non-hydrogen) atoms. The summed E-state index contributed by atoms with van der Waals surface area (Å²) in [5.74, 6) is 0. The number of hydrogen-bond donors (Lipinski definition) is 2. The monoisotopic (exact) mass is 283 g/mol. The summed E-state index contributed by atoms with van der Waals surface area (Å²) in [4.78, 5) is -0.282. The third kappa shape index (κ3) is 3.69. The Bertz CT molecular complexity index is 496. The minimum absolute atomic E-state index is 0.282. The number of aliphatic hydroxyl groups excluding tert-OH is 1. The fourth-order valence-corrected chi connectivity index (χ4v) is 2.43. The Hall–Kier alpha value is -1.12. The molecule has 1 aromatic rings.